The number of methoxy groups -OCH3 is 1. The van der Waals surface area contributed by atoms with Crippen molar-refractivity contribution in [1.82, 2.24) is 10.0 Å². The van der Waals surface area contributed by atoms with Crippen molar-refractivity contribution >= 4 is 33.0 Å². The smallest absolute Gasteiger partial charge is 0.261 e. The van der Waals surface area contributed by atoms with Gasteiger partial charge in [-0.2, -0.15) is 0 Å². The number of carbonyl (C=O) groups excluding carboxylic acids is 1. The maximum absolute atomic E-state index is 12.9. The van der Waals surface area contributed by atoms with Gasteiger partial charge in [0.2, 0.25) is 5.91 Å². The minimum absolute atomic E-state index is 0.142. The second-order valence-corrected chi connectivity index (χ2v) is 9.07. The van der Waals surface area contributed by atoms with Crippen LogP contribution in [0.25, 0.3) is 5.57 Å². The van der Waals surface area contributed by atoms with Crippen molar-refractivity contribution in [2.75, 3.05) is 7.11 Å². The Hall–Kier alpha value is -3.65. The van der Waals surface area contributed by atoms with Gasteiger partial charge in [0.05, 0.1) is 17.7 Å². The van der Waals surface area contributed by atoms with Gasteiger partial charge in [0.15, 0.2) is 0 Å². The fraction of sp³-hybridized carbons (Fsp3) is 0.200. The van der Waals surface area contributed by atoms with Crippen molar-refractivity contribution in [1.29, 1.82) is 0 Å². The van der Waals surface area contributed by atoms with Gasteiger partial charge in [0.25, 0.3) is 10.0 Å². The van der Waals surface area contributed by atoms with E-state index in [1.807, 2.05) is 37.3 Å². The van der Waals surface area contributed by atoms with Crippen molar-refractivity contribution in [3.8, 4) is 5.75 Å². The number of nitrogens with zero attached hydrogens (tertiary/aromatic N) is 1. The summed E-state index contributed by atoms with van der Waals surface area (Å²) in [5.74, 6) is 1.04. The summed E-state index contributed by atoms with van der Waals surface area (Å²) in [6.07, 6.45) is 7.83. The monoisotopic (exact) mass is 465 g/mol. The molecule has 0 atom stereocenters. The summed E-state index contributed by atoms with van der Waals surface area (Å²) < 4.78 is 33.5. The molecule has 2 aromatic carbocycles. The molecule has 1 amide bonds. The first-order chi connectivity index (χ1) is 15.7. The van der Waals surface area contributed by atoms with E-state index in [1.54, 1.807) is 31.2 Å². The first-order valence-electron chi connectivity index (χ1n) is 10.4. The minimum atomic E-state index is -3.77. The number of benzene rings is 2. The Bertz CT molecular complexity index is 1270. The second kappa shape index (κ2) is 10.3. The largest absolute Gasteiger partial charge is 0.497 e. The van der Waals surface area contributed by atoms with Crippen molar-refractivity contribution in [3.05, 3.63) is 83.6 Å². The van der Waals surface area contributed by atoms with Gasteiger partial charge in [-0.15, -0.1) is 0 Å². The molecule has 172 valence electrons. The van der Waals surface area contributed by atoms with Gasteiger partial charge >= 0.3 is 0 Å². The topological polar surface area (TPSA) is 96.9 Å². The van der Waals surface area contributed by atoms with E-state index >= 15 is 0 Å². The van der Waals surface area contributed by atoms with E-state index in [0.29, 0.717) is 23.7 Å². The zero-order chi connectivity index (χ0) is 24.0. The van der Waals surface area contributed by atoms with Gasteiger partial charge in [-0.3, -0.25) is 9.52 Å². The van der Waals surface area contributed by atoms with Gasteiger partial charge in [-0.25, -0.2) is 13.4 Å². The fourth-order valence-corrected chi connectivity index (χ4v) is 4.47. The molecule has 0 fully saturated rings. The maximum Gasteiger partial charge on any atom is 0.261 e. The highest BCUT2D eigenvalue weighted by Crippen LogP contribution is 2.30. The number of carbonyl (C=O) groups is 1. The van der Waals surface area contributed by atoms with E-state index in [0.717, 1.165) is 22.4 Å². The van der Waals surface area contributed by atoms with Crippen LogP contribution >= 0.6 is 0 Å². The molecule has 1 aliphatic heterocycles. The Morgan fingerprint density at radius 1 is 1.12 bits per heavy atom. The molecule has 2 N–H and O–H groups in total. The van der Waals surface area contributed by atoms with Crippen molar-refractivity contribution < 1.29 is 17.9 Å². The van der Waals surface area contributed by atoms with Gasteiger partial charge < -0.3 is 10.1 Å². The Kier molecular flexibility index (Phi) is 7.50. The third-order valence-electron chi connectivity index (χ3n) is 4.94. The Morgan fingerprint density at radius 3 is 2.45 bits per heavy atom. The number of ether oxygens (including phenoxy) is 1. The summed E-state index contributed by atoms with van der Waals surface area (Å²) >= 11 is 0. The summed E-state index contributed by atoms with van der Waals surface area (Å²) in [4.78, 5) is 15.9. The van der Waals surface area contributed by atoms with Crippen molar-refractivity contribution in [3.63, 3.8) is 0 Å². The first kappa shape index (κ1) is 24.0. The molecule has 1 heterocycles. The third kappa shape index (κ3) is 5.98. The molecule has 8 heteroatoms. The fourth-order valence-electron chi connectivity index (χ4n) is 3.37. The van der Waals surface area contributed by atoms with Crippen LogP contribution in [0, 0.1) is 0 Å². The predicted octanol–water partition coefficient (Wildman–Crippen LogP) is 4.26. The summed E-state index contributed by atoms with van der Waals surface area (Å²) in [5.41, 5.74) is 3.99. The molecule has 0 aromatic heterocycles. The molecule has 2 aromatic rings. The number of hydrogen-bond acceptors (Lipinski definition) is 5. The van der Waals surface area contributed by atoms with Crippen LogP contribution in [0.1, 0.15) is 31.9 Å². The number of hydrogen-bond donors (Lipinski definition) is 2. The molecule has 0 bridgehead atoms. The molecule has 33 heavy (non-hydrogen) atoms. The summed E-state index contributed by atoms with van der Waals surface area (Å²) in [6, 6.07) is 12.0. The SMILES string of the molecule is CC=C(/C=C(\C=C/C)c1ccc2c(c1)CC(NC(C)=O)=N2)NS(=O)(=O)c1ccc(OC)cc1. The van der Waals surface area contributed by atoms with E-state index in [2.05, 4.69) is 15.0 Å². The summed E-state index contributed by atoms with van der Waals surface area (Å²) in [7, 11) is -2.24. The molecule has 0 spiro atoms. The van der Waals surface area contributed by atoms with Crippen LogP contribution in [0.3, 0.4) is 0 Å². The van der Waals surface area contributed by atoms with Crippen LogP contribution in [0.5, 0.6) is 5.75 Å². The predicted molar refractivity (Wildman–Crippen MR) is 131 cm³/mol. The maximum atomic E-state index is 12.9. The zero-order valence-electron chi connectivity index (χ0n) is 19.0. The van der Waals surface area contributed by atoms with E-state index in [4.69, 9.17) is 4.74 Å². The van der Waals surface area contributed by atoms with E-state index in [1.165, 1.54) is 26.2 Å². The molecule has 3 rings (SSSR count). The normalized spacial score (nSPS) is 14.1. The highest BCUT2D eigenvalue weighted by molar-refractivity contribution is 7.89. The third-order valence-corrected chi connectivity index (χ3v) is 6.33. The van der Waals surface area contributed by atoms with Crippen LogP contribution in [-0.2, 0) is 21.2 Å². The second-order valence-electron chi connectivity index (χ2n) is 7.38. The van der Waals surface area contributed by atoms with Crippen LogP contribution in [0.4, 0.5) is 5.69 Å². The minimum Gasteiger partial charge on any atom is -0.497 e. The molecule has 0 unspecified atom stereocenters. The van der Waals surface area contributed by atoms with Crippen LogP contribution in [0.15, 0.2) is 82.4 Å². The molecule has 1 aliphatic rings. The molecule has 0 radical (unpaired) electrons. The number of aliphatic imine (C=N–C) groups is 1. The molecule has 7 nitrogen and oxygen atoms in total. The highest BCUT2D eigenvalue weighted by Gasteiger charge is 2.18. The van der Waals surface area contributed by atoms with Gasteiger partial charge in [-0.05, 0) is 73.0 Å². The van der Waals surface area contributed by atoms with Crippen LogP contribution in [-0.4, -0.2) is 27.3 Å². The summed E-state index contributed by atoms with van der Waals surface area (Å²) in [5, 5.41) is 2.74. The standard InChI is InChI=1S/C25H27N3O4S/c1-5-7-18(19-8-13-24-20(14-19)16-25(27-24)26-17(3)29)15-21(6-2)28-33(30,31)23-11-9-22(32-4)10-12-23/h5-15,28H,16H2,1-4H3,(H,26,27,29)/b7-5-,18-15+,21-6?. The lowest BCUT2D eigenvalue weighted by Crippen LogP contribution is -2.27. The van der Waals surface area contributed by atoms with E-state index < -0.39 is 10.0 Å². The number of nitrogens with one attached hydrogen (secondary N) is 2. The number of sulfonamides is 1. The lowest BCUT2D eigenvalue weighted by Gasteiger charge is -2.12. The van der Waals surface area contributed by atoms with Gasteiger partial charge in [0, 0.05) is 19.0 Å². The van der Waals surface area contributed by atoms with Crippen molar-refractivity contribution in [2.45, 2.75) is 32.1 Å². The van der Waals surface area contributed by atoms with Crippen molar-refractivity contribution in [2.24, 2.45) is 4.99 Å². The van der Waals surface area contributed by atoms with E-state index in [-0.39, 0.29) is 10.8 Å². The van der Waals surface area contributed by atoms with Crippen LogP contribution < -0.4 is 14.8 Å². The molecule has 0 saturated carbocycles. The molecular formula is C25H27N3O4S. The average Bonchev–Trinajstić information content (AvgIpc) is 3.18. The first-order valence-corrected chi connectivity index (χ1v) is 11.9. The number of fused-ring (bicyclic) bond motifs is 1. The quantitative estimate of drug-likeness (QED) is 0.597. The number of rotatable bonds is 7. The zero-order valence-corrected chi connectivity index (χ0v) is 19.9. The Labute approximate surface area is 194 Å². The number of allylic oxidation sites excluding steroid dienone is 5. The molecule has 0 saturated heterocycles. The van der Waals surface area contributed by atoms with Gasteiger partial charge in [0.1, 0.15) is 11.6 Å². The van der Waals surface area contributed by atoms with Gasteiger partial charge in [-0.1, -0.05) is 24.3 Å². The lowest BCUT2D eigenvalue weighted by molar-refractivity contribution is -0.117. The van der Waals surface area contributed by atoms with E-state index in [9.17, 15) is 13.2 Å². The highest BCUT2D eigenvalue weighted by atomic mass is 32.2. The Balaban J connectivity index is 1.86. The molecule has 0 aliphatic carbocycles. The number of amidine groups is 1. The Morgan fingerprint density at radius 2 is 1.85 bits per heavy atom. The summed E-state index contributed by atoms with van der Waals surface area (Å²) in [6.45, 7) is 5.12. The lowest BCUT2D eigenvalue weighted by atomic mass is 10.00. The number of amides is 1. The van der Waals surface area contributed by atoms with Crippen LogP contribution in [0.2, 0.25) is 0 Å². The average molecular weight is 466 g/mol. The molecular weight excluding hydrogens is 438 g/mol.